The first-order valence-corrected chi connectivity index (χ1v) is 9.72. The van der Waals surface area contributed by atoms with E-state index < -0.39 is 0 Å². The predicted molar refractivity (Wildman–Crippen MR) is 104 cm³/mol. The van der Waals surface area contributed by atoms with Crippen molar-refractivity contribution in [3.63, 3.8) is 0 Å². The van der Waals surface area contributed by atoms with Gasteiger partial charge < -0.3 is 10.6 Å². The summed E-state index contributed by atoms with van der Waals surface area (Å²) < 4.78 is 13.5. The maximum absolute atomic E-state index is 13.5. The third-order valence-corrected chi connectivity index (χ3v) is 4.20. The molecule has 134 valence electrons. The maximum atomic E-state index is 13.5. The van der Waals surface area contributed by atoms with Gasteiger partial charge in [0.1, 0.15) is 5.82 Å². The zero-order valence-corrected chi connectivity index (χ0v) is 15.8. The topological polar surface area (TPSA) is 49.3 Å². The highest BCUT2D eigenvalue weighted by Crippen LogP contribution is 2.17. The molecule has 1 aromatic carbocycles. The highest BCUT2D eigenvalue weighted by atomic mass is 32.2. The fourth-order valence-corrected chi connectivity index (χ4v) is 3.00. The van der Waals surface area contributed by atoms with Crippen molar-refractivity contribution in [3.8, 4) is 0 Å². The molecule has 0 saturated heterocycles. The molecule has 25 heavy (non-hydrogen) atoms. The number of nitrogens with zero attached hydrogens (tertiary/aromatic N) is 2. The van der Waals surface area contributed by atoms with Crippen LogP contribution in [-0.2, 0) is 18.8 Å². The molecular weight excluding hydrogens is 335 g/mol. The first-order valence-electron chi connectivity index (χ1n) is 8.33. The molecule has 0 aliphatic rings. The van der Waals surface area contributed by atoms with Crippen molar-refractivity contribution in [2.75, 3.05) is 12.8 Å². The van der Waals surface area contributed by atoms with Gasteiger partial charge in [0.25, 0.3) is 0 Å². The van der Waals surface area contributed by atoms with Gasteiger partial charge in [-0.2, -0.15) is 11.8 Å². The Bertz CT molecular complexity index is 718. The highest BCUT2D eigenvalue weighted by Gasteiger charge is 2.05. The molecule has 0 saturated carbocycles. The van der Waals surface area contributed by atoms with E-state index in [2.05, 4.69) is 20.6 Å². The number of guanidine groups is 1. The Labute approximate surface area is 153 Å². The Balaban J connectivity index is 2.06. The largest absolute Gasteiger partial charge is 0.357 e. The van der Waals surface area contributed by atoms with Crippen LogP contribution < -0.4 is 10.6 Å². The number of aromatic nitrogens is 1. The van der Waals surface area contributed by atoms with Crippen LogP contribution in [0.5, 0.6) is 0 Å². The number of rotatable bonds is 7. The van der Waals surface area contributed by atoms with Crippen LogP contribution in [0.25, 0.3) is 0 Å². The van der Waals surface area contributed by atoms with E-state index in [1.807, 2.05) is 44.4 Å². The molecule has 4 nitrogen and oxygen atoms in total. The van der Waals surface area contributed by atoms with Crippen LogP contribution in [0.4, 0.5) is 4.39 Å². The number of aryl methyl sites for hydroxylation is 1. The molecule has 0 radical (unpaired) electrons. The molecule has 0 fully saturated rings. The lowest BCUT2D eigenvalue weighted by molar-refractivity contribution is 0.625. The molecule has 2 rings (SSSR count). The number of hydrogen-bond acceptors (Lipinski definition) is 3. The average Bonchev–Trinajstić information content (AvgIpc) is 2.59. The quantitative estimate of drug-likeness (QED) is 0.585. The minimum atomic E-state index is -0.202. The Kier molecular flexibility index (Phi) is 7.73. The van der Waals surface area contributed by atoms with Crippen molar-refractivity contribution < 1.29 is 4.39 Å². The number of pyridine rings is 1. The van der Waals surface area contributed by atoms with Gasteiger partial charge in [-0.15, -0.1) is 0 Å². The molecule has 0 spiro atoms. The molecule has 0 bridgehead atoms. The summed E-state index contributed by atoms with van der Waals surface area (Å²) in [7, 11) is 0. The molecule has 0 amide bonds. The Morgan fingerprint density at radius 3 is 2.76 bits per heavy atom. The number of thioether (sulfide) groups is 1. The SMILES string of the molecule is CCNC(=NCc1ccc(F)cc1CSC)NCc1cccc(C)n1. The summed E-state index contributed by atoms with van der Waals surface area (Å²) >= 11 is 1.68. The summed E-state index contributed by atoms with van der Waals surface area (Å²) in [5, 5.41) is 6.53. The van der Waals surface area contributed by atoms with Gasteiger partial charge in [-0.05, 0) is 55.5 Å². The highest BCUT2D eigenvalue weighted by molar-refractivity contribution is 7.97. The van der Waals surface area contributed by atoms with Gasteiger partial charge >= 0.3 is 0 Å². The van der Waals surface area contributed by atoms with Crippen LogP contribution in [0, 0.1) is 12.7 Å². The fraction of sp³-hybridized carbons (Fsp3) is 0.368. The van der Waals surface area contributed by atoms with Crippen molar-refractivity contribution in [2.45, 2.75) is 32.7 Å². The van der Waals surface area contributed by atoms with Crippen LogP contribution in [-0.4, -0.2) is 23.7 Å². The predicted octanol–water partition coefficient (Wildman–Crippen LogP) is 3.65. The van der Waals surface area contributed by atoms with Crippen molar-refractivity contribution in [1.82, 2.24) is 15.6 Å². The monoisotopic (exact) mass is 360 g/mol. The molecule has 1 heterocycles. The van der Waals surface area contributed by atoms with Gasteiger partial charge in [-0.25, -0.2) is 9.38 Å². The number of nitrogens with one attached hydrogen (secondary N) is 2. The van der Waals surface area contributed by atoms with Gasteiger partial charge in [0, 0.05) is 18.0 Å². The van der Waals surface area contributed by atoms with E-state index in [9.17, 15) is 4.39 Å². The Hall–Kier alpha value is -2.08. The second-order valence-electron chi connectivity index (χ2n) is 5.67. The lowest BCUT2D eigenvalue weighted by Crippen LogP contribution is -2.37. The number of aliphatic imine (C=N–C) groups is 1. The maximum Gasteiger partial charge on any atom is 0.191 e. The fourth-order valence-electron chi connectivity index (χ4n) is 2.42. The van der Waals surface area contributed by atoms with Crippen molar-refractivity contribution in [3.05, 3.63) is 64.7 Å². The minimum Gasteiger partial charge on any atom is -0.357 e. The van der Waals surface area contributed by atoms with E-state index in [1.54, 1.807) is 17.8 Å². The van der Waals surface area contributed by atoms with Crippen LogP contribution in [0.2, 0.25) is 0 Å². The van der Waals surface area contributed by atoms with E-state index >= 15 is 0 Å². The molecular formula is C19H25FN4S. The lowest BCUT2D eigenvalue weighted by Gasteiger charge is -2.12. The molecule has 0 unspecified atom stereocenters. The van der Waals surface area contributed by atoms with E-state index in [1.165, 1.54) is 6.07 Å². The van der Waals surface area contributed by atoms with Crippen LogP contribution >= 0.6 is 11.8 Å². The van der Waals surface area contributed by atoms with Crippen LogP contribution in [0.1, 0.15) is 29.4 Å². The summed E-state index contributed by atoms with van der Waals surface area (Å²) in [6.45, 7) is 5.89. The normalized spacial score (nSPS) is 11.4. The van der Waals surface area contributed by atoms with E-state index in [0.29, 0.717) is 13.1 Å². The second-order valence-corrected chi connectivity index (χ2v) is 6.53. The van der Waals surface area contributed by atoms with Crippen LogP contribution in [0.15, 0.2) is 41.4 Å². The van der Waals surface area contributed by atoms with Crippen molar-refractivity contribution in [1.29, 1.82) is 0 Å². The number of benzene rings is 1. The number of hydrogen-bond donors (Lipinski definition) is 2. The minimum absolute atomic E-state index is 0.202. The third kappa shape index (κ3) is 6.38. The zero-order valence-electron chi connectivity index (χ0n) is 15.0. The molecule has 0 atom stereocenters. The van der Waals surface area contributed by atoms with Crippen LogP contribution in [0.3, 0.4) is 0 Å². The standard InChI is InChI=1S/C19H25FN4S/c1-4-21-19(23-12-18-7-5-6-14(2)24-18)22-11-15-8-9-17(20)10-16(15)13-25-3/h5-10H,4,11-13H2,1-3H3,(H2,21,22,23). The zero-order chi connectivity index (χ0) is 18.1. The Morgan fingerprint density at radius 1 is 1.20 bits per heavy atom. The van der Waals surface area contributed by atoms with Gasteiger partial charge in [0.05, 0.1) is 18.8 Å². The molecule has 6 heteroatoms. The Morgan fingerprint density at radius 2 is 2.04 bits per heavy atom. The van der Waals surface area contributed by atoms with Crippen molar-refractivity contribution in [2.24, 2.45) is 4.99 Å². The number of halogens is 1. The first kappa shape index (κ1) is 19.2. The molecule has 2 N–H and O–H groups in total. The second kappa shape index (κ2) is 10.0. The summed E-state index contributed by atoms with van der Waals surface area (Å²) in [6.07, 6.45) is 2.01. The van der Waals surface area contributed by atoms with Gasteiger partial charge in [-0.1, -0.05) is 12.1 Å². The van der Waals surface area contributed by atoms with Gasteiger partial charge in [0.2, 0.25) is 0 Å². The molecule has 1 aromatic heterocycles. The third-order valence-electron chi connectivity index (χ3n) is 3.60. The summed E-state index contributed by atoms with van der Waals surface area (Å²) in [5.74, 6) is 1.30. The lowest BCUT2D eigenvalue weighted by atomic mass is 10.1. The van der Waals surface area contributed by atoms with E-state index in [4.69, 9.17) is 0 Å². The molecule has 2 aromatic rings. The molecule has 0 aliphatic heterocycles. The smallest absolute Gasteiger partial charge is 0.191 e. The van der Waals surface area contributed by atoms with E-state index in [-0.39, 0.29) is 5.82 Å². The van der Waals surface area contributed by atoms with E-state index in [0.717, 1.165) is 40.8 Å². The summed E-state index contributed by atoms with van der Waals surface area (Å²) in [4.78, 5) is 9.11. The average molecular weight is 361 g/mol. The molecule has 0 aliphatic carbocycles. The van der Waals surface area contributed by atoms with Gasteiger partial charge in [0.15, 0.2) is 5.96 Å². The first-order chi connectivity index (χ1) is 12.1. The van der Waals surface area contributed by atoms with Crippen molar-refractivity contribution >= 4 is 17.7 Å². The summed E-state index contributed by atoms with van der Waals surface area (Å²) in [5.41, 5.74) is 4.00. The van der Waals surface area contributed by atoms with Gasteiger partial charge in [-0.3, -0.25) is 4.98 Å². The summed E-state index contributed by atoms with van der Waals surface area (Å²) in [6, 6.07) is 10.9.